The molecule has 0 aliphatic rings. The molecule has 0 fully saturated rings. The van der Waals surface area contributed by atoms with Gasteiger partial charge in [0.2, 0.25) is 0 Å². The van der Waals surface area contributed by atoms with Crippen LogP contribution in [0.25, 0.3) is 0 Å². The van der Waals surface area contributed by atoms with Gasteiger partial charge in [-0.3, -0.25) is 0 Å². The van der Waals surface area contributed by atoms with Crippen molar-refractivity contribution in [3.8, 4) is 0 Å². The average Bonchev–Trinajstić information content (AvgIpc) is 2.38. The molecule has 21 heavy (non-hydrogen) atoms. The summed E-state index contributed by atoms with van der Waals surface area (Å²) in [5, 5.41) is 3.45. The lowest BCUT2D eigenvalue weighted by atomic mass is 10.1. The van der Waals surface area contributed by atoms with Gasteiger partial charge in [0.1, 0.15) is 6.61 Å². The molecule has 0 unspecified atom stereocenters. The van der Waals surface area contributed by atoms with Crippen LogP contribution in [0.1, 0.15) is 60.3 Å². The molecule has 0 aliphatic carbocycles. The van der Waals surface area contributed by atoms with Crippen molar-refractivity contribution in [3.63, 3.8) is 0 Å². The zero-order chi connectivity index (χ0) is 16.1. The van der Waals surface area contributed by atoms with Gasteiger partial charge in [-0.15, -0.1) is 0 Å². The second-order valence-electron chi connectivity index (χ2n) is 5.59. The maximum absolute atomic E-state index is 5.38. The molecule has 0 spiro atoms. The molecule has 0 heterocycles. The summed E-state index contributed by atoms with van der Waals surface area (Å²) in [6.45, 7) is 12.0. The van der Waals surface area contributed by atoms with Crippen molar-refractivity contribution in [2.75, 3.05) is 13.2 Å². The van der Waals surface area contributed by atoms with Crippen LogP contribution in [0, 0.1) is 0 Å². The lowest BCUT2D eigenvalue weighted by Crippen LogP contribution is -2.23. The molecule has 0 saturated carbocycles. The fourth-order valence-corrected chi connectivity index (χ4v) is 2.01. The van der Waals surface area contributed by atoms with Gasteiger partial charge in [0.25, 0.3) is 5.17 Å². The minimum Gasteiger partial charge on any atom is -0.467 e. The highest BCUT2D eigenvalue weighted by molar-refractivity contribution is 7.80. The summed E-state index contributed by atoms with van der Waals surface area (Å²) < 4.78 is 5.38. The van der Waals surface area contributed by atoms with E-state index in [0.717, 1.165) is 32.2 Å². The Morgan fingerprint density at radius 3 is 2.10 bits per heavy atom. The zero-order valence-electron chi connectivity index (χ0n) is 14.3. The third-order valence-electron chi connectivity index (χ3n) is 3.09. The molecule has 0 rings (SSSR count). The number of allylic oxidation sites excluding steroid dienone is 5. The van der Waals surface area contributed by atoms with Crippen LogP contribution in [0.15, 0.2) is 34.9 Å². The molecule has 2 nitrogen and oxygen atoms in total. The summed E-state index contributed by atoms with van der Waals surface area (Å²) in [7, 11) is 0. The van der Waals surface area contributed by atoms with Gasteiger partial charge >= 0.3 is 0 Å². The molecule has 1 N–H and O–H groups in total. The summed E-state index contributed by atoms with van der Waals surface area (Å²) in [4.78, 5) is 0. The zero-order valence-corrected chi connectivity index (χ0v) is 15.1. The minimum atomic E-state index is 0.483. The van der Waals surface area contributed by atoms with Gasteiger partial charge in [0.05, 0.1) is 0 Å². The first-order valence-electron chi connectivity index (χ1n) is 7.81. The van der Waals surface area contributed by atoms with Gasteiger partial charge in [-0.25, -0.2) is 0 Å². The Kier molecular flexibility index (Phi) is 12.0. The molecule has 0 bridgehead atoms. The molecule has 0 atom stereocenters. The summed E-state index contributed by atoms with van der Waals surface area (Å²) >= 11 is 5.01. The third-order valence-corrected chi connectivity index (χ3v) is 3.35. The molecule has 0 aromatic rings. The van der Waals surface area contributed by atoms with Crippen LogP contribution in [-0.2, 0) is 4.74 Å². The normalized spacial score (nSPS) is 12.0. The number of hydrogen-bond donors (Lipinski definition) is 1. The Labute approximate surface area is 136 Å². The maximum Gasteiger partial charge on any atom is 0.256 e. The molecule has 0 radical (unpaired) electrons. The lowest BCUT2D eigenvalue weighted by molar-refractivity contribution is 0.342. The fraction of sp³-hybridized carbons (Fsp3) is 0.611. The van der Waals surface area contributed by atoms with Crippen molar-refractivity contribution in [2.45, 2.75) is 60.3 Å². The predicted octanol–water partition coefficient (Wildman–Crippen LogP) is 5.32. The highest BCUT2D eigenvalue weighted by Gasteiger charge is 1.94. The Morgan fingerprint density at radius 2 is 1.52 bits per heavy atom. The smallest absolute Gasteiger partial charge is 0.256 e. The van der Waals surface area contributed by atoms with Crippen LogP contribution in [-0.4, -0.2) is 18.3 Å². The van der Waals surface area contributed by atoms with Crippen LogP contribution in [0.3, 0.4) is 0 Å². The molecular formula is C18H31NOS. The molecular weight excluding hydrogens is 278 g/mol. The first-order chi connectivity index (χ1) is 9.95. The van der Waals surface area contributed by atoms with Crippen molar-refractivity contribution >= 4 is 17.4 Å². The number of hydrogen-bond acceptors (Lipinski definition) is 2. The molecule has 0 aromatic carbocycles. The number of ether oxygens (including phenoxy) is 1. The molecule has 3 heteroatoms. The van der Waals surface area contributed by atoms with Crippen LogP contribution in [0.4, 0.5) is 0 Å². The summed E-state index contributed by atoms with van der Waals surface area (Å²) in [5.41, 5.74) is 4.23. The van der Waals surface area contributed by atoms with Crippen molar-refractivity contribution in [1.82, 2.24) is 5.32 Å². The third kappa shape index (κ3) is 13.6. The number of rotatable bonds is 9. The molecule has 0 amide bonds. The quantitative estimate of drug-likeness (QED) is 0.460. The SMILES string of the molecule is CCNC(=S)OCC=C(C)CCC=C(C)CCC=C(C)C. The van der Waals surface area contributed by atoms with E-state index in [2.05, 4.69) is 51.2 Å². The van der Waals surface area contributed by atoms with E-state index < -0.39 is 0 Å². The van der Waals surface area contributed by atoms with Crippen LogP contribution in [0.5, 0.6) is 0 Å². The van der Waals surface area contributed by atoms with Gasteiger partial charge < -0.3 is 10.1 Å². The summed E-state index contributed by atoms with van der Waals surface area (Å²) in [6, 6.07) is 0. The second kappa shape index (κ2) is 12.6. The minimum absolute atomic E-state index is 0.483. The first-order valence-corrected chi connectivity index (χ1v) is 8.21. The van der Waals surface area contributed by atoms with E-state index >= 15 is 0 Å². The second-order valence-corrected chi connectivity index (χ2v) is 5.96. The fourth-order valence-electron chi connectivity index (χ4n) is 1.79. The van der Waals surface area contributed by atoms with E-state index in [4.69, 9.17) is 17.0 Å². The van der Waals surface area contributed by atoms with E-state index in [1.54, 1.807) is 0 Å². The number of nitrogens with one attached hydrogen (secondary N) is 1. The standard InChI is InChI=1S/C18H31NOS/c1-6-19-18(21)20-14-13-17(5)12-8-11-16(4)10-7-9-15(2)3/h9,11,13H,6-8,10,12,14H2,1-5H3,(H,19,21). The van der Waals surface area contributed by atoms with E-state index in [-0.39, 0.29) is 0 Å². The summed E-state index contributed by atoms with van der Waals surface area (Å²) in [5.74, 6) is 0. The average molecular weight is 310 g/mol. The Bertz CT molecular complexity index is 390. The van der Waals surface area contributed by atoms with E-state index in [9.17, 15) is 0 Å². The molecule has 0 aromatic heterocycles. The van der Waals surface area contributed by atoms with Gasteiger partial charge in [0, 0.05) is 6.54 Å². The van der Waals surface area contributed by atoms with Crippen molar-refractivity contribution in [2.24, 2.45) is 0 Å². The van der Waals surface area contributed by atoms with Gasteiger partial charge in [-0.05, 0) is 78.6 Å². The van der Waals surface area contributed by atoms with Crippen LogP contribution >= 0.6 is 12.2 Å². The number of thiocarbonyl (C=S) groups is 1. The maximum atomic E-state index is 5.38. The largest absolute Gasteiger partial charge is 0.467 e. The van der Waals surface area contributed by atoms with Crippen molar-refractivity contribution < 1.29 is 4.74 Å². The Hall–Kier alpha value is -1.09. The molecule has 0 aliphatic heterocycles. The highest BCUT2D eigenvalue weighted by Crippen LogP contribution is 2.11. The molecule has 0 saturated heterocycles. The van der Waals surface area contributed by atoms with E-state index in [1.807, 2.05) is 6.92 Å². The predicted molar refractivity (Wildman–Crippen MR) is 97.6 cm³/mol. The van der Waals surface area contributed by atoms with Gasteiger partial charge in [-0.2, -0.15) is 0 Å². The van der Waals surface area contributed by atoms with Crippen LogP contribution in [0.2, 0.25) is 0 Å². The van der Waals surface area contributed by atoms with Crippen molar-refractivity contribution in [1.29, 1.82) is 0 Å². The van der Waals surface area contributed by atoms with Gasteiger partial charge in [-0.1, -0.05) is 28.9 Å². The highest BCUT2D eigenvalue weighted by atomic mass is 32.1. The topological polar surface area (TPSA) is 21.3 Å². The van der Waals surface area contributed by atoms with Gasteiger partial charge in [0.15, 0.2) is 0 Å². The molecule has 120 valence electrons. The Balaban J connectivity index is 3.88. The Morgan fingerprint density at radius 1 is 0.952 bits per heavy atom. The lowest BCUT2D eigenvalue weighted by Gasteiger charge is -2.06. The monoisotopic (exact) mass is 309 g/mol. The van der Waals surface area contributed by atoms with E-state index in [1.165, 1.54) is 16.7 Å². The summed E-state index contributed by atoms with van der Waals surface area (Å²) in [6.07, 6.45) is 11.2. The van der Waals surface area contributed by atoms with Crippen LogP contribution < -0.4 is 5.32 Å². The van der Waals surface area contributed by atoms with E-state index in [0.29, 0.717) is 11.8 Å². The first kappa shape index (κ1) is 19.9. The van der Waals surface area contributed by atoms with Crippen molar-refractivity contribution in [3.05, 3.63) is 34.9 Å².